The maximum atomic E-state index is 6.14. The van der Waals surface area contributed by atoms with Gasteiger partial charge in [-0.25, -0.2) is 9.97 Å². The average Bonchev–Trinajstić information content (AvgIpc) is 3.21. The van der Waals surface area contributed by atoms with Crippen LogP contribution in [0.5, 0.6) is 0 Å². The van der Waals surface area contributed by atoms with Crippen molar-refractivity contribution in [2.45, 2.75) is 56.9 Å². The fourth-order valence-electron chi connectivity index (χ4n) is 3.51. The number of thiophene rings is 1. The van der Waals surface area contributed by atoms with Crippen molar-refractivity contribution in [2.24, 2.45) is 0 Å². The highest BCUT2D eigenvalue weighted by Crippen LogP contribution is 2.43. The molecule has 0 bridgehead atoms. The van der Waals surface area contributed by atoms with Crippen molar-refractivity contribution in [3.05, 3.63) is 10.4 Å². The predicted molar refractivity (Wildman–Crippen MR) is 97.8 cm³/mol. The molecule has 0 aliphatic carbocycles. The molecule has 2 aliphatic rings. The van der Waals surface area contributed by atoms with Crippen LogP contribution < -0.4 is 4.90 Å². The zero-order valence-corrected chi connectivity index (χ0v) is 15.6. The maximum absolute atomic E-state index is 6.14. The molecule has 2 aromatic heterocycles. The normalized spacial score (nSPS) is 24.4. The molecule has 0 radical (unpaired) electrons. The van der Waals surface area contributed by atoms with Gasteiger partial charge >= 0.3 is 0 Å². The first-order chi connectivity index (χ1) is 11.1. The first-order valence-corrected chi connectivity index (χ1v) is 10.4. The van der Waals surface area contributed by atoms with E-state index in [-0.39, 0.29) is 5.60 Å². The second kappa shape index (κ2) is 5.90. The van der Waals surface area contributed by atoms with Gasteiger partial charge in [-0.2, -0.15) is 0 Å². The fraction of sp³-hybridized carbons (Fsp3) is 0.647. The van der Waals surface area contributed by atoms with Gasteiger partial charge in [-0.05, 0) is 38.0 Å². The van der Waals surface area contributed by atoms with Crippen LogP contribution in [0.1, 0.15) is 43.6 Å². The van der Waals surface area contributed by atoms with Gasteiger partial charge in [-0.1, -0.05) is 18.7 Å². The first-order valence-electron chi connectivity index (χ1n) is 8.39. The number of hydrogen-bond acceptors (Lipinski definition) is 6. The number of thioether (sulfide) groups is 1. The van der Waals surface area contributed by atoms with E-state index >= 15 is 0 Å². The lowest BCUT2D eigenvalue weighted by molar-refractivity contribution is -0.0542. The summed E-state index contributed by atoms with van der Waals surface area (Å²) in [5.41, 5.74) is 1.39. The van der Waals surface area contributed by atoms with E-state index in [1.807, 2.05) is 0 Å². The summed E-state index contributed by atoms with van der Waals surface area (Å²) < 4.78 is 6.14. The molecule has 4 rings (SSSR count). The number of fused-ring (bicyclic) bond motifs is 3. The second-order valence-electron chi connectivity index (χ2n) is 6.68. The molecule has 0 aromatic carbocycles. The van der Waals surface area contributed by atoms with Gasteiger partial charge in [0, 0.05) is 24.4 Å². The summed E-state index contributed by atoms with van der Waals surface area (Å²) in [7, 11) is 0. The summed E-state index contributed by atoms with van der Waals surface area (Å²) in [4.78, 5) is 14.6. The quantitative estimate of drug-likeness (QED) is 0.612. The Balaban J connectivity index is 1.91. The number of aromatic nitrogens is 2. The SMILES string of the molecule is CCC1(C)Cc2c(sc3nc(SC)nc(N4CCCC4)c23)CO1. The van der Waals surface area contributed by atoms with Crippen LogP contribution in [0.25, 0.3) is 10.2 Å². The lowest BCUT2D eigenvalue weighted by Gasteiger charge is -2.33. The van der Waals surface area contributed by atoms with E-state index in [4.69, 9.17) is 14.7 Å². The smallest absolute Gasteiger partial charge is 0.190 e. The molecule has 1 unspecified atom stereocenters. The van der Waals surface area contributed by atoms with Gasteiger partial charge in [0.25, 0.3) is 0 Å². The van der Waals surface area contributed by atoms with Gasteiger partial charge in [-0.3, -0.25) is 0 Å². The van der Waals surface area contributed by atoms with E-state index in [1.165, 1.54) is 28.7 Å². The number of ether oxygens (including phenoxy) is 1. The van der Waals surface area contributed by atoms with Crippen LogP contribution >= 0.6 is 23.1 Å². The van der Waals surface area contributed by atoms with Crippen molar-refractivity contribution in [3.63, 3.8) is 0 Å². The van der Waals surface area contributed by atoms with Gasteiger partial charge in [0.2, 0.25) is 0 Å². The molecule has 0 saturated carbocycles. The molecular formula is C17H23N3OS2. The third-order valence-electron chi connectivity index (χ3n) is 5.13. The van der Waals surface area contributed by atoms with Crippen LogP contribution in [-0.4, -0.2) is 34.9 Å². The van der Waals surface area contributed by atoms with Crippen molar-refractivity contribution in [2.75, 3.05) is 24.2 Å². The highest BCUT2D eigenvalue weighted by molar-refractivity contribution is 7.98. The number of nitrogens with zero attached hydrogens (tertiary/aromatic N) is 3. The Bertz CT molecular complexity index is 739. The first kappa shape index (κ1) is 15.7. The van der Waals surface area contributed by atoms with Crippen molar-refractivity contribution in [3.8, 4) is 0 Å². The van der Waals surface area contributed by atoms with E-state index in [0.717, 1.165) is 48.3 Å². The second-order valence-corrected chi connectivity index (χ2v) is 8.54. The van der Waals surface area contributed by atoms with Gasteiger partial charge < -0.3 is 9.64 Å². The topological polar surface area (TPSA) is 38.2 Å². The summed E-state index contributed by atoms with van der Waals surface area (Å²) in [6.07, 6.45) is 6.60. The van der Waals surface area contributed by atoms with Crippen molar-refractivity contribution < 1.29 is 4.74 Å². The number of anilines is 1. The van der Waals surface area contributed by atoms with Crippen molar-refractivity contribution in [1.82, 2.24) is 9.97 Å². The van der Waals surface area contributed by atoms with E-state index < -0.39 is 0 Å². The minimum absolute atomic E-state index is 0.0541. The molecule has 124 valence electrons. The van der Waals surface area contributed by atoms with Crippen LogP contribution in [0, 0.1) is 0 Å². The monoisotopic (exact) mass is 349 g/mol. The molecule has 2 aromatic rings. The predicted octanol–water partition coefficient (Wildman–Crippen LogP) is 4.25. The Hall–Kier alpha value is -0.850. The highest BCUT2D eigenvalue weighted by atomic mass is 32.2. The Labute approximate surface area is 145 Å². The molecule has 2 aliphatic heterocycles. The van der Waals surface area contributed by atoms with Gasteiger partial charge in [0.1, 0.15) is 10.6 Å². The van der Waals surface area contributed by atoms with E-state index in [1.54, 1.807) is 23.1 Å². The summed E-state index contributed by atoms with van der Waals surface area (Å²) in [5, 5.41) is 2.19. The molecule has 1 saturated heterocycles. The molecule has 23 heavy (non-hydrogen) atoms. The Morgan fingerprint density at radius 2 is 2.09 bits per heavy atom. The lowest BCUT2D eigenvalue weighted by Crippen LogP contribution is -2.34. The van der Waals surface area contributed by atoms with Gasteiger partial charge in [0.05, 0.1) is 17.6 Å². The average molecular weight is 350 g/mol. The third-order valence-corrected chi connectivity index (χ3v) is 6.78. The summed E-state index contributed by atoms with van der Waals surface area (Å²) in [6, 6.07) is 0. The Morgan fingerprint density at radius 1 is 1.30 bits per heavy atom. The van der Waals surface area contributed by atoms with Crippen molar-refractivity contribution in [1.29, 1.82) is 0 Å². The lowest BCUT2D eigenvalue weighted by atomic mass is 9.90. The summed E-state index contributed by atoms with van der Waals surface area (Å²) in [6.45, 7) is 7.39. The standard InChI is InChI=1S/C17H23N3OS2/c1-4-17(2)9-11-12(10-21-17)23-15-13(11)14(18-16(19-15)22-3)20-7-5-6-8-20/h4-10H2,1-3H3. The Morgan fingerprint density at radius 3 is 2.78 bits per heavy atom. The minimum atomic E-state index is -0.0541. The molecule has 4 nitrogen and oxygen atoms in total. The minimum Gasteiger partial charge on any atom is -0.369 e. The molecule has 1 fully saturated rings. The maximum Gasteiger partial charge on any atom is 0.190 e. The van der Waals surface area contributed by atoms with Crippen LogP contribution in [0.3, 0.4) is 0 Å². The highest BCUT2D eigenvalue weighted by Gasteiger charge is 2.34. The molecule has 4 heterocycles. The molecular weight excluding hydrogens is 326 g/mol. The van der Waals surface area contributed by atoms with Crippen LogP contribution in [0.15, 0.2) is 5.16 Å². The van der Waals surface area contributed by atoms with Crippen LogP contribution in [0.2, 0.25) is 0 Å². The largest absolute Gasteiger partial charge is 0.369 e. The molecule has 0 N–H and O–H groups in total. The third kappa shape index (κ3) is 2.65. The van der Waals surface area contributed by atoms with Gasteiger partial charge in [0.15, 0.2) is 5.16 Å². The zero-order valence-electron chi connectivity index (χ0n) is 14.0. The molecule has 0 amide bonds. The fourth-order valence-corrected chi connectivity index (χ4v) is 5.03. The molecule has 6 heteroatoms. The number of rotatable bonds is 3. The Kier molecular flexibility index (Phi) is 4.02. The van der Waals surface area contributed by atoms with Gasteiger partial charge in [-0.15, -0.1) is 11.3 Å². The summed E-state index contributed by atoms with van der Waals surface area (Å²) in [5.74, 6) is 1.16. The van der Waals surface area contributed by atoms with Crippen LogP contribution in [-0.2, 0) is 17.8 Å². The molecule has 0 spiro atoms. The van der Waals surface area contributed by atoms with Crippen molar-refractivity contribution >= 4 is 39.1 Å². The number of hydrogen-bond donors (Lipinski definition) is 0. The van der Waals surface area contributed by atoms with E-state index in [0.29, 0.717) is 0 Å². The van der Waals surface area contributed by atoms with Crippen LogP contribution in [0.4, 0.5) is 5.82 Å². The van der Waals surface area contributed by atoms with E-state index in [2.05, 4.69) is 25.0 Å². The zero-order chi connectivity index (χ0) is 16.0. The summed E-state index contributed by atoms with van der Waals surface area (Å²) >= 11 is 3.43. The molecule has 1 atom stereocenters. The van der Waals surface area contributed by atoms with E-state index in [9.17, 15) is 0 Å².